The number of hydrogen-bond acceptors (Lipinski definition) is 4. The molecule has 4 nitrogen and oxygen atoms in total. The molecule has 0 aliphatic carbocycles. The van der Waals surface area contributed by atoms with E-state index in [-0.39, 0.29) is 0 Å². The summed E-state index contributed by atoms with van der Waals surface area (Å²) in [4.78, 5) is 4.71. The average Bonchev–Trinajstić information content (AvgIpc) is 2.94. The number of hydrogen-bond donors (Lipinski definition) is 0. The molecule has 0 N–H and O–H groups in total. The van der Waals surface area contributed by atoms with Crippen molar-refractivity contribution in [2.75, 3.05) is 13.5 Å². The lowest BCUT2D eigenvalue weighted by Crippen LogP contribution is -2.32. The Bertz CT molecular complexity index is 1440. The molecule has 2 heterocycles. The third-order valence-electron chi connectivity index (χ3n) is 7.33. The van der Waals surface area contributed by atoms with Crippen molar-refractivity contribution in [1.82, 2.24) is 9.80 Å². The van der Waals surface area contributed by atoms with Crippen molar-refractivity contribution in [2.45, 2.75) is 26.2 Å². The van der Waals surface area contributed by atoms with Gasteiger partial charge in [-0.25, -0.2) is 0 Å². The van der Waals surface area contributed by atoms with Gasteiger partial charge >= 0.3 is 0 Å². The van der Waals surface area contributed by atoms with Gasteiger partial charge in [-0.15, -0.1) is 0 Å². The summed E-state index contributed by atoms with van der Waals surface area (Å²) < 4.78 is 12.4. The minimum absolute atomic E-state index is 0.613. The fourth-order valence-electron chi connectivity index (χ4n) is 5.52. The molecule has 0 radical (unpaired) electrons. The van der Waals surface area contributed by atoms with Gasteiger partial charge in [-0.05, 0) is 21.9 Å². The second-order valence-electron chi connectivity index (χ2n) is 9.89. The van der Waals surface area contributed by atoms with Gasteiger partial charge in [-0.3, -0.25) is 9.80 Å². The van der Waals surface area contributed by atoms with Gasteiger partial charge in [0.25, 0.3) is 0 Å². The molecule has 0 unspecified atom stereocenters. The van der Waals surface area contributed by atoms with Crippen LogP contribution in [-0.4, -0.2) is 23.3 Å². The quantitative estimate of drug-likeness (QED) is 0.291. The molecular formula is C32H28N2O2. The van der Waals surface area contributed by atoms with Crippen LogP contribution in [0.4, 0.5) is 0 Å². The molecule has 5 aromatic carbocycles. The largest absolute Gasteiger partial charge is 0.477 e. The topological polar surface area (TPSA) is 24.9 Å². The number of ether oxygens (including phenoxy) is 2. The van der Waals surface area contributed by atoms with Crippen LogP contribution >= 0.6 is 0 Å². The first-order chi connectivity index (χ1) is 17.8. The van der Waals surface area contributed by atoms with Crippen molar-refractivity contribution >= 4 is 21.5 Å². The predicted molar refractivity (Wildman–Crippen MR) is 144 cm³/mol. The van der Waals surface area contributed by atoms with Crippen LogP contribution in [0.2, 0.25) is 0 Å². The van der Waals surface area contributed by atoms with Gasteiger partial charge in [0.1, 0.15) is 25.0 Å². The zero-order chi connectivity index (χ0) is 23.9. The third kappa shape index (κ3) is 3.98. The molecule has 36 heavy (non-hydrogen) atoms. The molecular weight excluding hydrogens is 444 g/mol. The molecule has 2 aliphatic heterocycles. The first-order valence-corrected chi connectivity index (χ1v) is 12.6. The van der Waals surface area contributed by atoms with Crippen LogP contribution in [0.1, 0.15) is 22.3 Å². The van der Waals surface area contributed by atoms with E-state index in [0.717, 1.165) is 37.7 Å². The molecule has 0 spiro atoms. The molecule has 0 amide bonds. The Labute approximate surface area is 211 Å². The molecule has 0 saturated heterocycles. The van der Waals surface area contributed by atoms with Crippen molar-refractivity contribution in [1.29, 1.82) is 0 Å². The molecule has 2 aliphatic rings. The van der Waals surface area contributed by atoms with Gasteiger partial charge in [0, 0.05) is 48.1 Å². The molecule has 0 saturated carbocycles. The van der Waals surface area contributed by atoms with Crippen LogP contribution in [0.15, 0.2) is 97.1 Å². The van der Waals surface area contributed by atoms with E-state index in [0.29, 0.717) is 13.5 Å². The second-order valence-corrected chi connectivity index (χ2v) is 9.89. The zero-order valence-electron chi connectivity index (χ0n) is 20.2. The Morgan fingerprint density at radius 1 is 0.500 bits per heavy atom. The molecule has 0 bridgehead atoms. The van der Waals surface area contributed by atoms with Crippen LogP contribution in [-0.2, 0) is 26.2 Å². The van der Waals surface area contributed by atoms with Crippen molar-refractivity contribution in [3.63, 3.8) is 0 Å². The highest BCUT2D eigenvalue weighted by Crippen LogP contribution is 2.35. The standard InChI is InChI=1S/C32H28N2O2/c1-3-7-29-25(5-1)13-15-27-19-33(21-35-31(27)29)17-23-9-11-24(12-10-23)18-34-20-28-16-14-26-6-2-4-8-30(26)32(28)36-22-34/h1-16H,17-22H2. The van der Waals surface area contributed by atoms with Crippen LogP contribution in [0.3, 0.4) is 0 Å². The second kappa shape index (κ2) is 8.98. The summed E-state index contributed by atoms with van der Waals surface area (Å²) in [5.74, 6) is 2.08. The van der Waals surface area contributed by atoms with Crippen LogP contribution in [0.5, 0.6) is 11.5 Å². The Hall–Kier alpha value is -3.86. The lowest BCUT2D eigenvalue weighted by Gasteiger charge is -2.30. The van der Waals surface area contributed by atoms with Gasteiger partial charge in [0.05, 0.1) is 0 Å². The minimum Gasteiger partial charge on any atom is -0.477 e. The Kier molecular flexibility index (Phi) is 5.34. The molecule has 7 rings (SSSR count). The van der Waals surface area contributed by atoms with E-state index in [2.05, 4.69) is 107 Å². The van der Waals surface area contributed by atoms with E-state index in [1.54, 1.807) is 0 Å². The van der Waals surface area contributed by atoms with E-state index in [9.17, 15) is 0 Å². The van der Waals surface area contributed by atoms with E-state index in [1.165, 1.54) is 43.8 Å². The SMILES string of the molecule is c1ccc2c3c(ccc2c1)CN(Cc1ccc(CN2COc4c(ccc5ccccc45)C2)cc1)CO3. The summed E-state index contributed by atoms with van der Waals surface area (Å²) in [7, 11) is 0. The molecule has 5 aromatic rings. The fraction of sp³-hybridized carbons (Fsp3) is 0.188. The number of fused-ring (bicyclic) bond motifs is 6. The Balaban J connectivity index is 1.00. The monoisotopic (exact) mass is 472 g/mol. The lowest BCUT2D eigenvalue weighted by molar-refractivity contribution is 0.0895. The minimum atomic E-state index is 0.613. The first kappa shape index (κ1) is 21.4. The highest BCUT2D eigenvalue weighted by Gasteiger charge is 2.21. The molecule has 0 fully saturated rings. The summed E-state index contributed by atoms with van der Waals surface area (Å²) in [6.07, 6.45) is 0. The van der Waals surface area contributed by atoms with Crippen molar-refractivity contribution < 1.29 is 9.47 Å². The number of rotatable bonds is 4. The van der Waals surface area contributed by atoms with Crippen molar-refractivity contribution in [3.05, 3.63) is 119 Å². The van der Waals surface area contributed by atoms with E-state index >= 15 is 0 Å². The van der Waals surface area contributed by atoms with Crippen LogP contribution in [0.25, 0.3) is 21.5 Å². The molecule has 0 aromatic heterocycles. The smallest absolute Gasteiger partial charge is 0.142 e. The van der Waals surface area contributed by atoms with Gasteiger partial charge in [-0.1, -0.05) is 97.1 Å². The molecule has 0 atom stereocenters. The highest BCUT2D eigenvalue weighted by atomic mass is 16.5. The predicted octanol–water partition coefficient (Wildman–Crippen LogP) is 6.70. The zero-order valence-corrected chi connectivity index (χ0v) is 20.2. The molecule has 4 heteroatoms. The summed E-state index contributed by atoms with van der Waals surface area (Å²) in [6, 6.07) is 34.7. The van der Waals surface area contributed by atoms with E-state index in [1.807, 2.05) is 0 Å². The third-order valence-corrected chi connectivity index (χ3v) is 7.33. The van der Waals surface area contributed by atoms with Crippen molar-refractivity contribution in [2.24, 2.45) is 0 Å². The van der Waals surface area contributed by atoms with Crippen LogP contribution in [0, 0.1) is 0 Å². The highest BCUT2D eigenvalue weighted by molar-refractivity contribution is 5.90. The fourth-order valence-corrected chi connectivity index (χ4v) is 5.52. The van der Waals surface area contributed by atoms with E-state index < -0.39 is 0 Å². The lowest BCUT2D eigenvalue weighted by atomic mass is 10.0. The maximum atomic E-state index is 6.21. The van der Waals surface area contributed by atoms with Gasteiger partial charge in [-0.2, -0.15) is 0 Å². The number of benzene rings is 5. The van der Waals surface area contributed by atoms with Crippen LogP contribution < -0.4 is 9.47 Å². The summed E-state index contributed by atoms with van der Waals surface area (Å²) in [5.41, 5.74) is 5.13. The van der Waals surface area contributed by atoms with Gasteiger partial charge < -0.3 is 9.47 Å². The van der Waals surface area contributed by atoms with Gasteiger partial charge in [0.15, 0.2) is 0 Å². The summed E-state index contributed by atoms with van der Waals surface area (Å²) in [6.45, 7) is 4.78. The summed E-state index contributed by atoms with van der Waals surface area (Å²) >= 11 is 0. The van der Waals surface area contributed by atoms with E-state index in [4.69, 9.17) is 9.47 Å². The maximum absolute atomic E-state index is 6.21. The average molecular weight is 473 g/mol. The Morgan fingerprint density at radius 3 is 1.42 bits per heavy atom. The Morgan fingerprint density at radius 2 is 0.944 bits per heavy atom. The normalized spacial score (nSPS) is 15.8. The first-order valence-electron chi connectivity index (χ1n) is 12.6. The van der Waals surface area contributed by atoms with Crippen molar-refractivity contribution in [3.8, 4) is 11.5 Å². The number of nitrogens with zero attached hydrogens (tertiary/aromatic N) is 2. The summed E-state index contributed by atoms with van der Waals surface area (Å²) in [5, 5.41) is 4.88. The van der Waals surface area contributed by atoms with Gasteiger partial charge in [0.2, 0.25) is 0 Å². The molecule has 178 valence electrons. The maximum Gasteiger partial charge on any atom is 0.142 e.